The molecule has 190 valence electrons. The quantitative estimate of drug-likeness (QED) is 0.479. The highest BCUT2D eigenvalue weighted by Crippen LogP contribution is 2.42. The Balaban J connectivity index is 1.70. The van der Waals surface area contributed by atoms with Gasteiger partial charge >= 0.3 is 12.1 Å². The number of benzene rings is 2. The number of rotatable bonds is 4. The number of hydrogen-bond acceptors (Lipinski definition) is 5. The lowest BCUT2D eigenvalue weighted by molar-refractivity contribution is -0.143. The number of aliphatic carboxylic acids is 1. The maximum absolute atomic E-state index is 12.6. The van der Waals surface area contributed by atoms with Gasteiger partial charge < -0.3 is 19.5 Å². The standard InChI is InChI=1S/C27H30ClN3O5/c1-15-9-10-20-21(30(15)27(35)36-2)11-12-22-23(20)29-25(24(32)16-5-3-7-18(28)13-16)31(22)19-8-4-6-17(14-19)26(33)34/h3,5,7,11-13,15,17,19,24,32H,4,6,8-10,14H2,1-2H3,(H,33,34)/t15-,17+,19+,24-/m0/s1. The fourth-order valence-corrected chi connectivity index (χ4v) is 6.02. The Kier molecular flexibility index (Phi) is 6.66. The lowest BCUT2D eigenvalue weighted by atomic mass is 9.85. The molecular weight excluding hydrogens is 482 g/mol. The van der Waals surface area contributed by atoms with Gasteiger partial charge in [-0.3, -0.25) is 9.69 Å². The maximum Gasteiger partial charge on any atom is 0.414 e. The van der Waals surface area contributed by atoms with Crippen molar-refractivity contribution in [2.45, 2.75) is 63.6 Å². The number of fused-ring (bicyclic) bond motifs is 3. The Morgan fingerprint density at radius 3 is 2.72 bits per heavy atom. The number of methoxy groups -OCH3 is 1. The van der Waals surface area contributed by atoms with E-state index in [1.165, 1.54) is 7.11 Å². The van der Waals surface area contributed by atoms with Gasteiger partial charge in [0.05, 0.1) is 29.7 Å². The zero-order chi connectivity index (χ0) is 25.6. The molecule has 2 aliphatic rings. The topological polar surface area (TPSA) is 105 Å². The van der Waals surface area contributed by atoms with Crippen LogP contribution in [0, 0.1) is 5.92 Å². The van der Waals surface area contributed by atoms with Crippen molar-refractivity contribution in [3.05, 3.63) is 58.4 Å². The van der Waals surface area contributed by atoms with E-state index in [4.69, 9.17) is 21.3 Å². The molecule has 1 amide bonds. The molecule has 2 heterocycles. The van der Waals surface area contributed by atoms with Gasteiger partial charge in [-0.1, -0.05) is 30.2 Å². The van der Waals surface area contributed by atoms with Crippen LogP contribution in [0.1, 0.15) is 68.1 Å². The molecule has 0 bridgehead atoms. The Labute approximate surface area is 214 Å². The van der Waals surface area contributed by atoms with Crippen LogP contribution in [-0.2, 0) is 16.0 Å². The summed E-state index contributed by atoms with van der Waals surface area (Å²) in [6.45, 7) is 1.99. The van der Waals surface area contributed by atoms with E-state index >= 15 is 0 Å². The first kappa shape index (κ1) is 24.6. The highest BCUT2D eigenvalue weighted by atomic mass is 35.5. The molecule has 5 rings (SSSR count). The number of aliphatic hydroxyl groups is 1. The van der Waals surface area contributed by atoms with Crippen molar-refractivity contribution in [1.29, 1.82) is 0 Å². The van der Waals surface area contributed by atoms with E-state index < -0.39 is 24.1 Å². The molecule has 0 radical (unpaired) electrons. The summed E-state index contributed by atoms with van der Waals surface area (Å²) in [5, 5.41) is 21.7. The number of hydrogen-bond donors (Lipinski definition) is 2. The van der Waals surface area contributed by atoms with Gasteiger partial charge in [-0.05, 0) is 68.9 Å². The molecule has 3 aromatic rings. The number of carbonyl (C=O) groups excluding carboxylic acids is 1. The first-order chi connectivity index (χ1) is 17.3. The largest absolute Gasteiger partial charge is 0.481 e. The van der Waals surface area contributed by atoms with Crippen LogP contribution in [0.5, 0.6) is 0 Å². The number of anilines is 1. The van der Waals surface area contributed by atoms with Crippen molar-refractivity contribution < 1.29 is 24.5 Å². The molecule has 1 aliphatic carbocycles. The zero-order valence-electron chi connectivity index (χ0n) is 20.4. The van der Waals surface area contributed by atoms with Crippen LogP contribution in [0.3, 0.4) is 0 Å². The van der Waals surface area contributed by atoms with Crippen LogP contribution >= 0.6 is 11.6 Å². The van der Waals surface area contributed by atoms with E-state index in [2.05, 4.69) is 0 Å². The van der Waals surface area contributed by atoms with E-state index in [0.717, 1.165) is 48.0 Å². The third kappa shape index (κ3) is 4.22. The molecule has 8 nitrogen and oxygen atoms in total. The SMILES string of the molecule is COC(=O)N1c2ccc3c(nc([C@@H](O)c4cccc(Cl)c4)n3[C@@H]3CCC[C@@H](C(=O)O)C3)c2CC[C@@H]1C. The van der Waals surface area contributed by atoms with Crippen LogP contribution in [0.15, 0.2) is 36.4 Å². The fourth-order valence-electron chi connectivity index (χ4n) is 5.82. The Morgan fingerprint density at radius 1 is 1.19 bits per heavy atom. The Morgan fingerprint density at radius 2 is 2.00 bits per heavy atom. The third-order valence-corrected chi connectivity index (χ3v) is 7.86. The van der Waals surface area contributed by atoms with Crippen LogP contribution in [0.4, 0.5) is 10.5 Å². The van der Waals surface area contributed by atoms with Gasteiger partial charge in [0, 0.05) is 22.7 Å². The monoisotopic (exact) mass is 511 g/mol. The van der Waals surface area contributed by atoms with Gasteiger partial charge in [-0.25, -0.2) is 9.78 Å². The molecule has 0 spiro atoms. The number of halogens is 1. The predicted octanol–water partition coefficient (Wildman–Crippen LogP) is 5.49. The zero-order valence-corrected chi connectivity index (χ0v) is 21.1. The number of nitrogens with zero attached hydrogens (tertiary/aromatic N) is 3. The molecule has 1 fully saturated rings. The van der Waals surface area contributed by atoms with Gasteiger partial charge in [0.25, 0.3) is 0 Å². The molecule has 1 aliphatic heterocycles. The summed E-state index contributed by atoms with van der Waals surface area (Å²) in [6, 6.07) is 10.7. The number of ether oxygens (including phenoxy) is 1. The second-order valence-corrected chi connectivity index (χ2v) is 10.2. The van der Waals surface area contributed by atoms with E-state index in [0.29, 0.717) is 29.3 Å². The third-order valence-electron chi connectivity index (χ3n) is 7.62. The van der Waals surface area contributed by atoms with E-state index in [1.807, 2.05) is 23.6 Å². The number of amides is 1. The Hall–Kier alpha value is -3.10. The summed E-state index contributed by atoms with van der Waals surface area (Å²) >= 11 is 6.21. The van der Waals surface area contributed by atoms with E-state index in [9.17, 15) is 19.8 Å². The predicted molar refractivity (Wildman–Crippen MR) is 137 cm³/mol. The molecule has 1 saturated carbocycles. The van der Waals surface area contributed by atoms with Crippen molar-refractivity contribution in [3.8, 4) is 0 Å². The fraction of sp³-hybridized carbons (Fsp3) is 0.444. The summed E-state index contributed by atoms with van der Waals surface area (Å²) in [6.07, 6.45) is 2.72. The number of imidazole rings is 1. The van der Waals surface area contributed by atoms with Gasteiger partial charge in [-0.2, -0.15) is 0 Å². The van der Waals surface area contributed by atoms with Crippen molar-refractivity contribution in [2.75, 3.05) is 12.0 Å². The molecule has 2 N–H and O–H groups in total. The smallest absolute Gasteiger partial charge is 0.414 e. The molecular formula is C27H30ClN3O5. The average Bonchev–Trinajstić information content (AvgIpc) is 3.27. The second kappa shape index (κ2) is 9.75. The van der Waals surface area contributed by atoms with Crippen LogP contribution in [0.25, 0.3) is 11.0 Å². The number of carboxylic acid groups (broad SMARTS) is 1. The maximum atomic E-state index is 12.6. The summed E-state index contributed by atoms with van der Waals surface area (Å²) in [4.78, 5) is 31.0. The van der Waals surface area contributed by atoms with Crippen molar-refractivity contribution >= 4 is 40.4 Å². The summed E-state index contributed by atoms with van der Waals surface area (Å²) < 4.78 is 7.07. The van der Waals surface area contributed by atoms with Crippen LogP contribution < -0.4 is 4.90 Å². The number of carboxylic acids is 1. The normalized spacial score (nSPS) is 22.8. The number of carbonyl (C=O) groups is 2. The minimum atomic E-state index is -1.05. The first-order valence-corrected chi connectivity index (χ1v) is 12.7. The van der Waals surface area contributed by atoms with E-state index in [1.54, 1.807) is 29.2 Å². The van der Waals surface area contributed by atoms with Gasteiger partial charge in [-0.15, -0.1) is 0 Å². The lowest BCUT2D eigenvalue weighted by Crippen LogP contribution is -2.42. The second-order valence-electron chi connectivity index (χ2n) is 9.81. The molecule has 1 aromatic heterocycles. The van der Waals surface area contributed by atoms with Gasteiger partial charge in [0.15, 0.2) is 0 Å². The van der Waals surface area contributed by atoms with E-state index in [-0.39, 0.29) is 12.1 Å². The molecule has 36 heavy (non-hydrogen) atoms. The summed E-state index contributed by atoms with van der Waals surface area (Å²) in [7, 11) is 1.37. The average molecular weight is 512 g/mol. The van der Waals surface area contributed by atoms with Crippen LogP contribution in [0.2, 0.25) is 5.02 Å². The highest BCUT2D eigenvalue weighted by molar-refractivity contribution is 6.30. The molecule has 2 aromatic carbocycles. The molecule has 0 unspecified atom stereocenters. The first-order valence-electron chi connectivity index (χ1n) is 12.4. The molecule has 0 saturated heterocycles. The summed E-state index contributed by atoms with van der Waals surface area (Å²) in [5.74, 6) is -0.772. The summed E-state index contributed by atoms with van der Waals surface area (Å²) in [5.41, 5.74) is 3.86. The molecule has 4 atom stereocenters. The van der Waals surface area contributed by atoms with Crippen molar-refractivity contribution in [2.24, 2.45) is 5.92 Å². The highest BCUT2D eigenvalue weighted by Gasteiger charge is 2.35. The molecule has 9 heteroatoms. The number of aliphatic hydroxyl groups excluding tert-OH is 1. The number of aryl methyl sites for hydroxylation is 1. The lowest BCUT2D eigenvalue weighted by Gasteiger charge is -2.34. The van der Waals surface area contributed by atoms with Gasteiger partial charge in [0.1, 0.15) is 11.9 Å². The number of aromatic nitrogens is 2. The van der Waals surface area contributed by atoms with Crippen molar-refractivity contribution in [1.82, 2.24) is 9.55 Å². The Bertz CT molecular complexity index is 1320. The van der Waals surface area contributed by atoms with Gasteiger partial charge in [0.2, 0.25) is 0 Å². The van der Waals surface area contributed by atoms with Crippen LogP contribution in [-0.4, -0.2) is 45.0 Å². The van der Waals surface area contributed by atoms with Crippen molar-refractivity contribution in [3.63, 3.8) is 0 Å². The minimum Gasteiger partial charge on any atom is -0.481 e. The minimum absolute atomic E-state index is 0.0179.